The topological polar surface area (TPSA) is 45.2 Å². The van der Waals surface area contributed by atoms with Gasteiger partial charge in [-0.1, -0.05) is 18.2 Å². The molecule has 1 N–H and O–H groups in total. The van der Waals surface area contributed by atoms with E-state index in [1.807, 2.05) is 36.5 Å². The molecule has 2 aliphatic rings. The van der Waals surface area contributed by atoms with E-state index in [-0.39, 0.29) is 11.9 Å². The van der Waals surface area contributed by atoms with E-state index in [1.165, 1.54) is 11.1 Å². The summed E-state index contributed by atoms with van der Waals surface area (Å²) in [6, 6.07) is 12.5. The van der Waals surface area contributed by atoms with Gasteiger partial charge >= 0.3 is 0 Å². The van der Waals surface area contributed by atoms with Gasteiger partial charge in [-0.05, 0) is 80.9 Å². The van der Waals surface area contributed by atoms with E-state index in [0.29, 0.717) is 6.54 Å². The van der Waals surface area contributed by atoms with Crippen molar-refractivity contribution in [3.63, 3.8) is 0 Å². The predicted molar refractivity (Wildman–Crippen MR) is 103 cm³/mol. The second-order valence-electron chi connectivity index (χ2n) is 7.39. The molecule has 0 spiro atoms. The molecule has 1 unspecified atom stereocenters. The second kappa shape index (κ2) is 8.00. The lowest BCUT2D eigenvalue weighted by Gasteiger charge is -2.31. The highest BCUT2D eigenvalue weighted by molar-refractivity contribution is 5.96. The Hall–Kier alpha value is -2.20. The lowest BCUT2D eigenvalue weighted by Crippen LogP contribution is -2.41. The minimum absolute atomic E-state index is 0.182. The summed E-state index contributed by atoms with van der Waals surface area (Å²) in [4.78, 5) is 20.2. The van der Waals surface area contributed by atoms with Gasteiger partial charge < -0.3 is 10.2 Å². The number of pyridine rings is 1. The van der Waals surface area contributed by atoms with E-state index in [1.54, 1.807) is 0 Å². The zero-order chi connectivity index (χ0) is 17.8. The largest absolute Gasteiger partial charge is 0.330 e. The Labute approximate surface area is 155 Å². The number of carbonyl (C=O) groups is 1. The van der Waals surface area contributed by atoms with Gasteiger partial charge in [0.15, 0.2) is 0 Å². The molecule has 0 bridgehead atoms. The zero-order valence-corrected chi connectivity index (χ0v) is 15.3. The number of carbonyl (C=O) groups excluding carboxylic acids is 1. The number of aryl methyl sites for hydroxylation is 1. The fraction of sp³-hybridized carbons (Fsp3) is 0.455. The van der Waals surface area contributed by atoms with Gasteiger partial charge in [-0.25, -0.2) is 0 Å². The number of fused-ring (bicyclic) bond motifs is 1. The van der Waals surface area contributed by atoms with Gasteiger partial charge in [0.25, 0.3) is 5.91 Å². The van der Waals surface area contributed by atoms with Crippen LogP contribution in [0.3, 0.4) is 0 Å². The van der Waals surface area contributed by atoms with Crippen molar-refractivity contribution in [3.05, 3.63) is 65.0 Å². The molecule has 1 atom stereocenters. The van der Waals surface area contributed by atoms with Crippen LogP contribution in [0.15, 0.2) is 42.6 Å². The number of rotatable bonds is 4. The third-order valence-corrected chi connectivity index (χ3v) is 5.68. The predicted octanol–water partition coefficient (Wildman–Crippen LogP) is 3.35. The monoisotopic (exact) mass is 349 g/mol. The normalized spacial score (nSPS) is 19.6. The van der Waals surface area contributed by atoms with Crippen molar-refractivity contribution in [3.8, 4) is 0 Å². The van der Waals surface area contributed by atoms with Gasteiger partial charge in [0.2, 0.25) is 0 Å². The average Bonchev–Trinajstić information content (AvgIpc) is 3.01. The van der Waals surface area contributed by atoms with Crippen molar-refractivity contribution in [1.82, 2.24) is 15.2 Å². The van der Waals surface area contributed by atoms with Gasteiger partial charge in [-0.2, -0.15) is 0 Å². The van der Waals surface area contributed by atoms with E-state index in [2.05, 4.69) is 21.3 Å². The summed E-state index contributed by atoms with van der Waals surface area (Å²) in [5.41, 5.74) is 4.50. The number of nitrogens with zero attached hydrogens (tertiary/aromatic N) is 2. The molecule has 1 aromatic carbocycles. The summed E-state index contributed by atoms with van der Waals surface area (Å²) in [5.74, 6) is 0.182. The smallest absolute Gasteiger partial charge is 0.254 e. The van der Waals surface area contributed by atoms with E-state index < -0.39 is 0 Å². The van der Waals surface area contributed by atoms with Crippen molar-refractivity contribution in [2.45, 2.75) is 51.1 Å². The van der Waals surface area contributed by atoms with Crippen LogP contribution in [0.1, 0.15) is 52.9 Å². The molecule has 2 heterocycles. The molecule has 26 heavy (non-hydrogen) atoms. The summed E-state index contributed by atoms with van der Waals surface area (Å²) >= 11 is 0. The highest BCUT2D eigenvalue weighted by atomic mass is 16.2. The number of aromatic nitrogens is 1. The number of benzene rings is 1. The minimum atomic E-state index is 0.182. The number of hydrogen-bond donors (Lipinski definition) is 1. The van der Waals surface area contributed by atoms with Gasteiger partial charge in [-0.3, -0.25) is 9.78 Å². The maximum atomic E-state index is 13.6. The summed E-state index contributed by atoms with van der Waals surface area (Å²) in [6.07, 6.45) is 8.28. The van der Waals surface area contributed by atoms with Gasteiger partial charge in [0.05, 0.1) is 12.2 Å². The first-order valence-corrected chi connectivity index (χ1v) is 9.85. The molecule has 1 fully saturated rings. The quantitative estimate of drug-likeness (QED) is 0.921. The van der Waals surface area contributed by atoms with Crippen molar-refractivity contribution in [2.75, 3.05) is 13.1 Å². The molecule has 4 nitrogen and oxygen atoms in total. The molecule has 136 valence electrons. The Bertz CT molecular complexity index is 751. The molecule has 0 saturated carbocycles. The fourth-order valence-electron chi connectivity index (χ4n) is 4.32. The molecule has 1 aromatic heterocycles. The fourth-order valence-corrected chi connectivity index (χ4v) is 4.32. The first-order chi connectivity index (χ1) is 12.8. The first kappa shape index (κ1) is 17.2. The maximum Gasteiger partial charge on any atom is 0.254 e. The minimum Gasteiger partial charge on any atom is -0.330 e. The highest BCUT2D eigenvalue weighted by Crippen LogP contribution is 2.28. The van der Waals surface area contributed by atoms with Crippen molar-refractivity contribution >= 4 is 5.91 Å². The summed E-state index contributed by atoms with van der Waals surface area (Å²) in [7, 11) is 0. The SMILES string of the molecule is O=C(c1cccc2c1CCC2)N(Cc1ccccn1)C1CCCNCC1. The van der Waals surface area contributed by atoms with E-state index in [9.17, 15) is 4.79 Å². The van der Waals surface area contributed by atoms with Crippen LogP contribution in [-0.4, -0.2) is 34.9 Å². The molecule has 1 saturated heterocycles. The van der Waals surface area contributed by atoms with E-state index in [0.717, 1.165) is 62.9 Å². The Morgan fingerprint density at radius 2 is 2.04 bits per heavy atom. The van der Waals surface area contributed by atoms with Crippen LogP contribution in [-0.2, 0) is 19.4 Å². The number of amides is 1. The summed E-state index contributed by atoms with van der Waals surface area (Å²) < 4.78 is 0. The average molecular weight is 349 g/mol. The van der Waals surface area contributed by atoms with Crippen molar-refractivity contribution < 1.29 is 4.79 Å². The molecule has 2 aromatic rings. The van der Waals surface area contributed by atoms with Crippen LogP contribution in [0.2, 0.25) is 0 Å². The highest BCUT2D eigenvalue weighted by Gasteiger charge is 2.28. The van der Waals surface area contributed by atoms with Gasteiger partial charge in [-0.15, -0.1) is 0 Å². The second-order valence-corrected chi connectivity index (χ2v) is 7.39. The van der Waals surface area contributed by atoms with Crippen LogP contribution >= 0.6 is 0 Å². The molecule has 4 rings (SSSR count). The number of nitrogens with one attached hydrogen (secondary N) is 1. The van der Waals surface area contributed by atoms with Crippen molar-refractivity contribution in [1.29, 1.82) is 0 Å². The Morgan fingerprint density at radius 3 is 2.92 bits per heavy atom. The molecule has 4 heteroatoms. The van der Waals surface area contributed by atoms with E-state index in [4.69, 9.17) is 0 Å². The van der Waals surface area contributed by atoms with Gasteiger partial charge in [0, 0.05) is 17.8 Å². The standard InChI is InChI=1S/C22H27N3O/c26-22(21-11-4-7-17-6-3-10-20(17)21)25(16-18-8-1-2-14-24-18)19-9-5-13-23-15-12-19/h1-2,4,7-8,11,14,19,23H,3,5-6,9-10,12-13,15-16H2. The molecule has 0 radical (unpaired) electrons. The first-order valence-electron chi connectivity index (χ1n) is 9.85. The van der Waals surface area contributed by atoms with Crippen LogP contribution in [0.25, 0.3) is 0 Å². The Balaban J connectivity index is 1.65. The maximum absolute atomic E-state index is 13.6. The van der Waals surface area contributed by atoms with Crippen LogP contribution in [0.5, 0.6) is 0 Å². The Kier molecular flexibility index (Phi) is 5.30. The Morgan fingerprint density at radius 1 is 1.08 bits per heavy atom. The molecular weight excluding hydrogens is 322 g/mol. The summed E-state index contributed by atoms with van der Waals surface area (Å²) in [5, 5.41) is 3.46. The lowest BCUT2D eigenvalue weighted by atomic mass is 10.00. The molecular formula is C22H27N3O. The molecule has 1 aliphatic heterocycles. The zero-order valence-electron chi connectivity index (χ0n) is 15.3. The van der Waals surface area contributed by atoms with Gasteiger partial charge in [0.1, 0.15) is 0 Å². The third kappa shape index (κ3) is 3.65. The van der Waals surface area contributed by atoms with Crippen LogP contribution < -0.4 is 5.32 Å². The van der Waals surface area contributed by atoms with Crippen molar-refractivity contribution in [2.24, 2.45) is 0 Å². The number of hydrogen-bond acceptors (Lipinski definition) is 3. The lowest BCUT2D eigenvalue weighted by molar-refractivity contribution is 0.0641. The molecule has 1 aliphatic carbocycles. The van der Waals surface area contributed by atoms with E-state index >= 15 is 0 Å². The van der Waals surface area contributed by atoms with Crippen LogP contribution in [0.4, 0.5) is 0 Å². The van der Waals surface area contributed by atoms with Crippen LogP contribution in [0, 0.1) is 0 Å². The molecule has 1 amide bonds. The third-order valence-electron chi connectivity index (χ3n) is 5.68. The summed E-state index contributed by atoms with van der Waals surface area (Å²) in [6.45, 7) is 2.61.